The van der Waals surface area contributed by atoms with Gasteiger partial charge in [0.05, 0.1) is 13.2 Å². The van der Waals surface area contributed by atoms with E-state index in [-0.39, 0.29) is 12.5 Å². The molecule has 0 unspecified atom stereocenters. The van der Waals surface area contributed by atoms with Crippen molar-refractivity contribution >= 4 is 5.91 Å². The highest BCUT2D eigenvalue weighted by molar-refractivity contribution is 5.73. The van der Waals surface area contributed by atoms with Crippen LogP contribution in [-0.2, 0) is 11.4 Å². The molecule has 4 heteroatoms. The summed E-state index contributed by atoms with van der Waals surface area (Å²) in [6, 6.07) is 6.57. The predicted octanol–water partition coefficient (Wildman–Crippen LogP) is 0.932. The fourth-order valence-electron chi connectivity index (χ4n) is 1.36. The number of primary amides is 1. The maximum atomic E-state index is 10.5. The van der Waals surface area contributed by atoms with Crippen molar-refractivity contribution in [2.45, 2.75) is 26.4 Å². The Balaban J connectivity index is 2.47. The van der Waals surface area contributed by atoms with Crippen LogP contribution in [0.15, 0.2) is 12.1 Å². The van der Waals surface area contributed by atoms with Crippen LogP contribution in [0.3, 0.4) is 0 Å². The Hall–Kier alpha value is -1.55. The highest BCUT2D eigenvalue weighted by Crippen LogP contribution is 2.16. The second-order valence-electron chi connectivity index (χ2n) is 3.60. The number of hydrogen-bond acceptors (Lipinski definition) is 3. The SMILES string of the molecule is Cc1[c]c(CO)cc(OCCCC(N)=O)c1. The minimum Gasteiger partial charge on any atom is -0.494 e. The van der Waals surface area contributed by atoms with E-state index in [1.807, 2.05) is 13.0 Å². The van der Waals surface area contributed by atoms with Crippen molar-refractivity contribution in [1.29, 1.82) is 0 Å². The zero-order valence-electron chi connectivity index (χ0n) is 9.32. The van der Waals surface area contributed by atoms with Gasteiger partial charge in [-0.15, -0.1) is 0 Å². The molecule has 1 amide bonds. The van der Waals surface area contributed by atoms with Gasteiger partial charge in [0, 0.05) is 6.42 Å². The number of hydrogen-bond donors (Lipinski definition) is 2. The lowest BCUT2D eigenvalue weighted by atomic mass is 10.1. The lowest BCUT2D eigenvalue weighted by Crippen LogP contribution is -2.11. The molecule has 0 aliphatic rings. The molecule has 0 aromatic heterocycles. The largest absolute Gasteiger partial charge is 0.494 e. The molecule has 87 valence electrons. The number of carbonyl (C=O) groups excluding carboxylic acids is 1. The Morgan fingerprint density at radius 3 is 2.94 bits per heavy atom. The second-order valence-corrected chi connectivity index (χ2v) is 3.60. The summed E-state index contributed by atoms with van der Waals surface area (Å²) in [5, 5.41) is 8.98. The smallest absolute Gasteiger partial charge is 0.217 e. The third kappa shape index (κ3) is 4.31. The summed E-state index contributed by atoms with van der Waals surface area (Å²) in [5.74, 6) is 0.363. The number of aliphatic hydroxyl groups excluding tert-OH is 1. The number of nitrogens with two attached hydrogens (primary N) is 1. The van der Waals surface area contributed by atoms with Crippen molar-refractivity contribution in [3.05, 3.63) is 29.3 Å². The molecule has 0 bridgehead atoms. The van der Waals surface area contributed by atoms with Crippen LogP contribution in [0.25, 0.3) is 0 Å². The van der Waals surface area contributed by atoms with Crippen molar-refractivity contribution in [3.63, 3.8) is 0 Å². The molecule has 3 N–H and O–H groups in total. The minimum absolute atomic E-state index is 0.0562. The molecular weight excluding hydrogens is 206 g/mol. The quantitative estimate of drug-likeness (QED) is 0.703. The van der Waals surface area contributed by atoms with Crippen LogP contribution in [0.4, 0.5) is 0 Å². The van der Waals surface area contributed by atoms with Gasteiger partial charge in [0.1, 0.15) is 5.75 Å². The molecular formula is C12H16NO3. The zero-order chi connectivity index (χ0) is 12.0. The molecule has 0 atom stereocenters. The number of benzene rings is 1. The molecule has 0 saturated carbocycles. The third-order valence-electron chi connectivity index (χ3n) is 2.04. The summed E-state index contributed by atoms with van der Waals surface area (Å²) in [4.78, 5) is 10.5. The summed E-state index contributed by atoms with van der Waals surface area (Å²) in [6.45, 7) is 2.27. The number of rotatable bonds is 6. The molecule has 0 aliphatic carbocycles. The van der Waals surface area contributed by atoms with Gasteiger partial charge < -0.3 is 15.6 Å². The number of aliphatic hydroxyl groups is 1. The standard InChI is InChI=1S/C12H16NO3/c1-9-5-10(8-14)7-11(6-9)16-4-2-3-12(13)15/h6-7,14H,2-4,8H2,1H3,(H2,13,15). The normalized spacial score (nSPS) is 10.1. The highest BCUT2D eigenvalue weighted by Gasteiger charge is 2.00. The van der Waals surface area contributed by atoms with Crippen LogP contribution >= 0.6 is 0 Å². The summed E-state index contributed by atoms with van der Waals surface area (Å²) in [5.41, 5.74) is 6.62. The first-order valence-corrected chi connectivity index (χ1v) is 5.16. The Morgan fingerprint density at radius 1 is 1.56 bits per heavy atom. The number of carbonyl (C=O) groups is 1. The summed E-state index contributed by atoms with van der Waals surface area (Å²) in [6.07, 6.45) is 0.923. The van der Waals surface area contributed by atoms with Crippen molar-refractivity contribution in [3.8, 4) is 5.75 Å². The van der Waals surface area contributed by atoms with Crippen LogP contribution in [0.2, 0.25) is 0 Å². The fraction of sp³-hybridized carbons (Fsp3) is 0.417. The van der Waals surface area contributed by atoms with Crippen molar-refractivity contribution in [2.75, 3.05) is 6.61 Å². The van der Waals surface area contributed by atoms with Gasteiger partial charge in [-0.05, 0) is 42.7 Å². The molecule has 0 heterocycles. The van der Waals surface area contributed by atoms with E-state index in [9.17, 15) is 4.79 Å². The van der Waals surface area contributed by atoms with Crippen LogP contribution < -0.4 is 10.5 Å². The van der Waals surface area contributed by atoms with E-state index in [0.717, 1.165) is 5.56 Å². The summed E-state index contributed by atoms with van der Waals surface area (Å²) >= 11 is 0. The molecule has 0 fully saturated rings. The van der Waals surface area contributed by atoms with E-state index >= 15 is 0 Å². The van der Waals surface area contributed by atoms with Crippen LogP contribution in [0.1, 0.15) is 24.0 Å². The lowest BCUT2D eigenvalue weighted by Gasteiger charge is -2.07. The molecule has 4 nitrogen and oxygen atoms in total. The zero-order valence-corrected chi connectivity index (χ0v) is 9.32. The maximum absolute atomic E-state index is 10.5. The average molecular weight is 222 g/mol. The lowest BCUT2D eigenvalue weighted by molar-refractivity contribution is -0.118. The van der Waals surface area contributed by atoms with Crippen molar-refractivity contribution in [2.24, 2.45) is 5.73 Å². The van der Waals surface area contributed by atoms with Crippen molar-refractivity contribution in [1.82, 2.24) is 0 Å². The monoisotopic (exact) mass is 222 g/mol. The first-order valence-electron chi connectivity index (χ1n) is 5.16. The molecule has 1 aromatic carbocycles. The minimum atomic E-state index is -0.322. The van der Waals surface area contributed by atoms with Gasteiger partial charge in [0.15, 0.2) is 0 Å². The van der Waals surface area contributed by atoms with E-state index in [4.69, 9.17) is 15.6 Å². The van der Waals surface area contributed by atoms with E-state index in [1.165, 1.54) is 0 Å². The molecule has 1 aromatic rings. The van der Waals surface area contributed by atoms with E-state index < -0.39 is 0 Å². The molecule has 1 rings (SSSR count). The third-order valence-corrected chi connectivity index (χ3v) is 2.04. The summed E-state index contributed by atoms with van der Waals surface area (Å²) in [7, 11) is 0. The topological polar surface area (TPSA) is 72.6 Å². The average Bonchev–Trinajstić information content (AvgIpc) is 2.23. The molecule has 0 aliphatic heterocycles. The molecule has 1 radical (unpaired) electrons. The number of ether oxygens (including phenoxy) is 1. The van der Waals surface area contributed by atoms with Crippen LogP contribution in [0.5, 0.6) is 5.75 Å². The van der Waals surface area contributed by atoms with Crippen LogP contribution in [0, 0.1) is 13.0 Å². The van der Waals surface area contributed by atoms with Gasteiger partial charge in [-0.2, -0.15) is 0 Å². The van der Waals surface area contributed by atoms with E-state index in [1.54, 1.807) is 6.07 Å². The molecule has 0 spiro atoms. The van der Waals surface area contributed by atoms with Crippen molar-refractivity contribution < 1.29 is 14.6 Å². The molecule has 16 heavy (non-hydrogen) atoms. The fourth-order valence-corrected chi connectivity index (χ4v) is 1.36. The number of aryl methyl sites for hydroxylation is 1. The summed E-state index contributed by atoms with van der Waals surface area (Å²) < 4.78 is 5.44. The molecule has 0 saturated heterocycles. The van der Waals surface area contributed by atoms with Gasteiger partial charge in [-0.3, -0.25) is 4.79 Å². The maximum Gasteiger partial charge on any atom is 0.217 e. The second kappa shape index (κ2) is 6.12. The Kier molecular flexibility index (Phi) is 4.79. The Labute approximate surface area is 95.0 Å². The Bertz CT molecular complexity index is 363. The van der Waals surface area contributed by atoms with Gasteiger partial charge >= 0.3 is 0 Å². The van der Waals surface area contributed by atoms with Gasteiger partial charge in [-0.1, -0.05) is 0 Å². The number of amides is 1. The first-order chi connectivity index (χ1) is 7.61. The van der Waals surface area contributed by atoms with E-state index in [0.29, 0.717) is 30.8 Å². The van der Waals surface area contributed by atoms with Crippen LogP contribution in [-0.4, -0.2) is 17.6 Å². The van der Waals surface area contributed by atoms with Gasteiger partial charge in [-0.25, -0.2) is 0 Å². The van der Waals surface area contributed by atoms with E-state index in [2.05, 4.69) is 6.07 Å². The Morgan fingerprint density at radius 2 is 2.31 bits per heavy atom. The van der Waals surface area contributed by atoms with Gasteiger partial charge in [0.25, 0.3) is 0 Å². The first kappa shape index (κ1) is 12.5. The van der Waals surface area contributed by atoms with Gasteiger partial charge in [0.2, 0.25) is 5.91 Å². The highest BCUT2D eigenvalue weighted by atomic mass is 16.5. The predicted molar refractivity (Wildman–Crippen MR) is 59.9 cm³/mol.